The summed E-state index contributed by atoms with van der Waals surface area (Å²) in [4.78, 5) is 26.3. The van der Waals surface area contributed by atoms with Gasteiger partial charge in [0.05, 0.1) is 0 Å². The van der Waals surface area contributed by atoms with Gasteiger partial charge in [-0.1, -0.05) is 0 Å². The normalized spacial score (nSPS) is 21.5. The van der Waals surface area contributed by atoms with Crippen LogP contribution in [0, 0.1) is 11.6 Å². The minimum atomic E-state index is -1.03. The monoisotopic (exact) mass is 338 g/mol. The van der Waals surface area contributed by atoms with Gasteiger partial charge in [-0.3, -0.25) is 9.59 Å². The lowest BCUT2D eigenvalue weighted by Crippen LogP contribution is -2.50. The largest absolute Gasteiger partial charge is 0.481 e. The predicted molar refractivity (Wildman–Crippen MR) is 82.3 cm³/mol. The minimum Gasteiger partial charge on any atom is -0.481 e. The predicted octanol–water partition coefficient (Wildman–Crippen LogP) is 2.00. The first-order valence-electron chi connectivity index (χ1n) is 8.18. The minimum absolute atomic E-state index is 0.0768. The third kappa shape index (κ3) is 3.66. The molecule has 0 aromatic heterocycles. The highest BCUT2D eigenvalue weighted by atomic mass is 19.2. The molecule has 2 atom stereocenters. The summed E-state index contributed by atoms with van der Waals surface area (Å²) >= 11 is 0. The lowest BCUT2D eigenvalue weighted by molar-refractivity contribution is -0.143. The van der Waals surface area contributed by atoms with Gasteiger partial charge in [0.2, 0.25) is 5.91 Å². The van der Waals surface area contributed by atoms with Crippen molar-refractivity contribution in [3.05, 3.63) is 29.8 Å². The van der Waals surface area contributed by atoms with Crippen molar-refractivity contribution >= 4 is 11.8 Å². The number of benzene rings is 1. The summed E-state index contributed by atoms with van der Waals surface area (Å²) in [5.74, 6) is -2.38. The number of halogens is 2. The summed E-state index contributed by atoms with van der Waals surface area (Å²) in [5, 5.41) is 2.92. The number of ether oxygens (including phenoxy) is 1. The van der Waals surface area contributed by atoms with Crippen molar-refractivity contribution < 1.29 is 23.1 Å². The summed E-state index contributed by atoms with van der Waals surface area (Å²) in [7, 11) is 0. The Hall–Kier alpha value is -2.18. The number of hydrogen-bond donors (Lipinski definition) is 1. The number of nitrogens with one attached hydrogen (secondary N) is 1. The first-order chi connectivity index (χ1) is 11.5. The van der Waals surface area contributed by atoms with Gasteiger partial charge < -0.3 is 15.0 Å². The fourth-order valence-electron chi connectivity index (χ4n) is 2.87. The molecule has 7 heteroatoms. The van der Waals surface area contributed by atoms with Gasteiger partial charge in [0, 0.05) is 18.7 Å². The lowest BCUT2D eigenvalue weighted by Gasteiger charge is -2.27. The van der Waals surface area contributed by atoms with Gasteiger partial charge in [-0.25, -0.2) is 8.78 Å². The summed E-state index contributed by atoms with van der Waals surface area (Å²) in [6.07, 6.45) is 2.47. The van der Waals surface area contributed by atoms with Crippen LogP contribution in [0.2, 0.25) is 0 Å². The SMILES string of the molecule is CC(Oc1ccc(F)c(F)c1)C(=O)N1CCCC1C(=O)NC1CC1. The molecule has 24 heavy (non-hydrogen) atoms. The summed E-state index contributed by atoms with van der Waals surface area (Å²) in [5.41, 5.74) is 0. The summed E-state index contributed by atoms with van der Waals surface area (Å²) in [6, 6.07) is 2.88. The standard InChI is InChI=1S/C17H20F2N2O3/c1-10(24-12-6-7-13(18)14(19)9-12)17(23)21-8-2-3-15(21)16(22)20-11-4-5-11/h6-7,9-11,15H,2-5,8H2,1H3,(H,20,22). The van der Waals surface area contributed by atoms with Gasteiger partial charge >= 0.3 is 0 Å². The Labute approximate surface area is 139 Å². The Bertz CT molecular complexity index is 649. The van der Waals surface area contributed by atoms with Crippen molar-refractivity contribution in [2.45, 2.75) is 50.8 Å². The Balaban J connectivity index is 1.62. The maximum Gasteiger partial charge on any atom is 0.264 e. The van der Waals surface area contributed by atoms with Gasteiger partial charge in [0.15, 0.2) is 17.7 Å². The van der Waals surface area contributed by atoms with E-state index in [4.69, 9.17) is 4.74 Å². The molecule has 2 aliphatic rings. The zero-order chi connectivity index (χ0) is 17.3. The van der Waals surface area contributed by atoms with Crippen molar-refractivity contribution in [1.29, 1.82) is 0 Å². The maximum atomic E-state index is 13.2. The van der Waals surface area contributed by atoms with Crippen LogP contribution >= 0.6 is 0 Å². The molecule has 1 saturated carbocycles. The number of rotatable bonds is 5. The molecule has 1 aliphatic heterocycles. The van der Waals surface area contributed by atoms with Crippen molar-refractivity contribution in [2.75, 3.05) is 6.54 Å². The zero-order valence-electron chi connectivity index (χ0n) is 13.4. The molecule has 3 rings (SSSR count). The molecule has 0 radical (unpaired) electrons. The Morgan fingerprint density at radius 1 is 1.25 bits per heavy atom. The second-order valence-corrected chi connectivity index (χ2v) is 6.31. The topological polar surface area (TPSA) is 58.6 Å². The highest BCUT2D eigenvalue weighted by Crippen LogP contribution is 2.24. The van der Waals surface area contributed by atoms with E-state index in [1.807, 2.05) is 0 Å². The maximum absolute atomic E-state index is 13.2. The highest BCUT2D eigenvalue weighted by molar-refractivity contribution is 5.90. The third-order valence-electron chi connectivity index (χ3n) is 4.31. The molecule has 1 aromatic rings. The molecule has 1 aromatic carbocycles. The van der Waals surface area contributed by atoms with Crippen molar-refractivity contribution in [1.82, 2.24) is 10.2 Å². The summed E-state index contributed by atoms with van der Waals surface area (Å²) in [6.45, 7) is 2.03. The molecular weight excluding hydrogens is 318 g/mol. The van der Waals surface area contributed by atoms with Crippen LogP contribution in [0.4, 0.5) is 8.78 Å². The molecule has 2 amide bonds. The van der Waals surface area contributed by atoms with Crippen molar-refractivity contribution in [2.24, 2.45) is 0 Å². The number of carbonyl (C=O) groups is 2. The average Bonchev–Trinajstić information content (AvgIpc) is 3.22. The molecule has 0 bridgehead atoms. The van der Waals surface area contributed by atoms with Gasteiger partial charge in [-0.15, -0.1) is 0 Å². The van der Waals surface area contributed by atoms with Crippen LogP contribution in [0.25, 0.3) is 0 Å². The number of hydrogen-bond acceptors (Lipinski definition) is 3. The van der Waals surface area contributed by atoms with Crippen LogP contribution in [0.3, 0.4) is 0 Å². The zero-order valence-corrected chi connectivity index (χ0v) is 13.4. The molecule has 1 N–H and O–H groups in total. The van der Waals surface area contributed by atoms with Crippen LogP contribution in [0.1, 0.15) is 32.6 Å². The van der Waals surface area contributed by atoms with Gasteiger partial charge in [0.1, 0.15) is 11.8 Å². The first kappa shape index (κ1) is 16.7. The van der Waals surface area contributed by atoms with Gasteiger partial charge in [-0.2, -0.15) is 0 Å². The Morgan fingerprint density at radius 3 is 2.67 bits per heavy atom. The molecule has 1 heterocycles. The molecular formula is C17H20F2N2O3. The van der Waals surface area contributed by atoms with E-state index < -0.39 is 23.8 Å². The van der Waals surface area contributed by atoms with Crippen LogP contribution < -0.4 is 10.1 Å². The Kier molecular flexibility index (Phi) is 4.69. The van der Waals surface area contributed by atoms with E-state index >= 15 is 0 Å². The fourth-order valence-corrected chi connectivity index (χ4v) is 2.87. The summed E-state index contributed by atoms with van der Waals surface area (Å²) < 4.78 is 31.6. The van der Waals surface area contributed by atoms with E-state index in [1.54, 1.807) is 0 Å². The van der Waals surface area contributed by atoms with E-state index in [9.17, 15) is 18.4 Å². The molecule has 0 spiro atoms. The van der Waals surface area contributed by atoms with E-state index in [-0.39, 0.29) is 23.6 Å². The van der Waals surface area contributed by atoms with Gasteiger partial charge in [-0.05, 0) is 44.7 Å². The van der Waals surface area contributed by atoms with Crippen LogP contribution in [0.15, 0.2) is 18.2 Å². The average molecular weight is 338 g/mol. The van der Waals surface area contributed by atoms with Crippen molar-refractivity contribution in [3.63, 3.8) is 0 Å². The highest BCUT2D eigenvalue weighted by Gasteiger charge is 2.38. The van der Waals surface area contributed by atoms with E-state index in [0.29, 0.717) is 13.0 Å². The van der Waals surface area contributed by atoms with Gasteiger partial charge in [0.25, 0.3) is 5.91 Å². The lowest BCUT2D eigenvalue weighted by atomic mass is 10.2. The molecule has 2 fully saturated rings. The van der Waals surface area contributed by atoms with Crippen LogP contribution in [-0.2, 0) is 9.59 Å². The van der Waals surface area contributed by atoms with E-state index in [0.717, 1.165) is 31.4 Å². The van der Waals surface area contributed by atoms with Crippen LogP contribution in [0.5, 0.6) is 5.75 Å². The smallest absolute Gasteiger partial charge is 0.264 e. The fraction of sp³-hybridized carbons (Fsp3) is 0.529. The molecule has 1 aliphatic carbocycles. The molecule has 2 unspecified atom stereocenters. The van der Waals surface area contributed by atoms with E-state index in [2.05, 4.69) is 5.32 Å². The molecule has 5 nitrogen and oxygen atoms in total. The number of amides is 2. The molecule has 1 saturated heterocycles. The first-order valence-corrected chi connectivity index (χ1v) is 8.18. The third-order valence-corrected chi connectivity index (χ3v) is 4.31. The second-order valence-electron chi connectivity index (χ2n) is 6.31. The quantitative estimate of drug-likeness (QED) is 0.893. The molecule has 130 valence electrons. The number of carbonyl (C=O) groups excluding carboxylic acids is 2. The Morgan fingerprint density at radius 2 is 2.00 bits per heavy atom. The second kappa shape index (κ2) is 6.75. The number of likely N-dealkylation sites (tertiary alicyclic amines) is 1. The van der Waals surface area contributed by atoms with Crippen LogP contribution in [-0.4, -0.2) is 41.4 Å². The number of nitrogens with zero attached hydrogens (tertiary/aromatic N) is 1. The van der Waals surface area contributed by atoms with Crippen molar-refractivity contribution in [3.8, 4) is 5.75 Å². The van der Waals surface area contributed by atoms with E-state index in [1.165, 1.54) is 17.9 Å².